The van der Waals surface area contributed by atoms with Crippen molar-refractivity contribution in [2.24, 2.45) is 0 Å². The van der Waals surface area contributed by atoms with Gasteiger partial charge in [-0.15, -0.1) is 0 Å². The molecule has 0 saturated carbocycles. The van der Waals surface area contributed by atoms with Crippen LogP contribution in [0.1, 0.15) is 18.2 Å². The van der Waals surface area contributed by atoms with Gasteiger partial charge < -0.3 is 20.6 Å². The summed E-state index contributed by atoms with van der Waals surface area (Å²) in [5, 5.41) is 14.3. The fourth-order valence-electron chi connectivity index (χ4n) is 3.33. The average molecular weight is 401 g/mol. The van der Waals surface area contributed by atoms with Crippen molar-refractivity contribution in [3.63, 3.8) is 0 Å². The number of benzene rings is 1. The van der Waals surface area contributed by atoms with Crippen molar-refractivity contribution in [3.8, 4) is 0 Å². The van der Waals surface area contributed by atoms with Crippen LogP contribution in [0.4, 0.5) is 25.4 Å². The van der Waals surface area contributed by atoms with Crippen LogP contribution in [-0.2, 0) is 6.54 Å². The van der Waals surface area contributed by atoms with E-state index in [9.17, 15) is 14.0 Å². The van der Waals surface area contributed by atoms with Crippen LogP contribution < -0.4 is 10.6 Å². The summed E-state index contributed by atoms with van der Waals surface area (Å²) in [5.74, 6) is -0.502. The first-order valence-electron chi connectivity index (χ1n) is 9.33. The summed E-state index contributed by atoms with van der Waals surface area (Å²) >= 11 is 0. The number of nitrogens with one attached hydrogen (secondary N) is 2. The van der Waals surface area contributed by atoms with Crippen molar-refractivity contribution in [3.05, 3.63) is 53.6 Å². The number of pyridine rings is 1. The van der Waals surface area contributed by atoms with Crippen LogP contribution in [0.3, 0.4) is 0 Å². The number of carboxylic acid groups (broad SMARTS) is 1. The van der Waals surface area contributed by atoms with Gasteiger partial charge in [0.1, 0.15) is 0 Å². The Morgan fingerprint density at radius 1 is 1.24 bits per heavy atom. The maximum atomic E-state index is 14.9. The first kappa shape index (κ1) is 20.5. The zero-order valence-electron chi connectivity index (χ0n) is 16.4. The lowest BCUT2D eigenvalue weighted by Gasteiger charge is -2.38. The Labute approximate surface area is 168 Å². The third-order valence-corrected chi connectivity index (χ3v) is 4.85. The number of aromatic nitrogens is 1. The van der Waals surface area contributed by atoms with E-state index in [4.69, 9.17) is 5.11 Å². The second-order valence-corrected chi connectivity index (χ2v) is 7.11. The fourth-order valence-corrected chi connectivity index (χ4v) is 3.33. The van der Waals surface area contributed by atoms with Gasteiger partial charge in [-0.2, -0.15) is 0 Å². The molecule has 2 heterocycles. The Balaban J connectivity index is 1.62. The predicted octanol–water partition coefficient (Wildman–Crippen LogP) is 3.36. The number of halogens is 1. The van der Waals surface area contributed by atoms with Crippen LogP contribution in [-0.4, -0.2) is 57.7 Å². The second kappa shape index (κ2) is 8.87. The van der Waals surface area contributed by atoms with Crippen LogP contribution in [0.2, 0.25) is 0 Å². The lowest BCUT2D eigenvalue weighted by Crippen LogP contribution is -2.53. The molecule has 154 valence electrons. The molecule has 1 aliphatic heterocycles. The minimum atomic E-state index is -0.940. The maximum Gasteiger partial charge on any atom is 0.407 e. The molecule has 0 spiro atoms. The van der Waals surface area contributed by atoms with E-state index in [1.807, 2.05) is 18.7 Å². The third-order valence-electron chi connectivity index (χ3n) is 4.85. The summed E-state index contributed by atoms with van der Waals surface area (Å²) in [6, 6.07) is 7.59. The van der Waals surface area contributed by atoms with Gasteiger partial charge in [0, 0.05) is 43.5 Å². The number of nitrogens with zero attached hydrogens (tertiary/aromatic N) is 3. The average Bonchev–Trinajstić information content (AvgIpc) is 2.66. The standard InChI is InChI=1S/C20H24FN5O3/c1-13-6-7-16(10-22-13)23-19(27)24-17-5-3-4-15(18(17)21)12-25-8-9-26(20(28)29)14(2)11-25/h3-7,10,14H,8-9,11-12H2,1-2H3,(H,28,29)(H2,23,24,27)/t14-/m0/s1. The van der Waals surface area contributed by atoms with Crippen molar-refractivity contribution < 1.29 is 19.1 Å². The number of aryl methyl sites for hydroxylation is 1. The molecule has 1 aromatic heterocycles. The molecule has 1 saturated heterocycles. The SMILES string of the molecule is Cc1ccc(NC(=O)Nc2cccc(CN3CCN(C(=O)O)[C@@H](C)C3)c2F)cn1. The molecule has 1 aliphatic rings. The summed E-state index contributed by atoms with van der Waals surface area (Å²) in [6.45, 7) is 5.43. The quantitative estimate of drug-likeness (QED) is 0.730. The normalized spacial score (nSPS) is 17.1. The fraction of sp³-hybridized carbons (Fsp3) is 0.350. The zero-order chi connectivity index (χ0) is 21.0. The summed E-state index contributed by atoms with van der Waals surface area (Å²) in [7, 11) is 0. The molecule has 0 aliphatic carbocycles. The maximum absolute atomic E-state index is 14.9. The molecule has 3 rings (SSSR count). The zero-order valence-corrected chi connectivity index (χ0v) is 16.4. The van der Waals surface area contributed by atoms with Crippen molar-refractivity contribution in [1.82, 2.24) is 14.8 Å². The van der Waals surface area contributed by atoms with Crippen molar-refractivity contribution in [1.29, 1.82) is 0 Å². The Kier molecular flexibility index (Phi) is 6.28. The van der Waals surface area contributed by atoms with E-state index in [0.29, 0.717) is 37.4 Å². The number of rotatable bonds is 4. The number of amides is 3. The highest BCUT2D eigenvalue weighted by Gasteiger charge is 2.27. The second-order valence-electron chi connectivity index (χ2n) is 7.11. The van der Waals surface area contributed by atoms with Crippen molar-refractivity contribution in [2.75, 3.05) is 30.3 Å². The predicted molar refractivity (Wildman–Crippen MR) is 107 cm³/mol. The molecular formula is C20H24FN5O3. The van der Waals surface area contributed by atoms with E-state index in [2.05, 4.69) is 15.6 Å². The van der Waals surface area contributed by atoms with Gasteiger partial charge in [-0.25, -0.2) is 14.0 Å². The summed E-state index contributed by atoms with van der Waals surface area (Å²) in [5.41, 5.74) is 1.86. The molecule has 1 atom stereocenters. The molecule has 2 aromatic rings. The van der Waals surface area contributed by atoms with Gasteiger partial charge in [-0.1, -0.05) is 12.1 Å². The van der Waals surface area contributed by atoms with E-state index in [1.165, 1.54) is 17.2 Å². The highest BCUT2D eigenvalue weighted by atomic mass is 19.1. The molecular weight excluding hydrogens is 377 g/mol. The Bertz CT molecular complexity index is 890. The van der Waals surface area contributed by atoms with Crippen LogP contribution in [0.5, 0.6) is 0 Å². The van der Waals surface area contributed by atoms with Gasteiger partial charge >= 0.3 is 12.1 Å². The van der Waals surface area contributed by atoms with Crippen LogP contribution in [0, 0.1) is 12.7 Å². The topological polar surface area (TPSA) is 97.8 Å². The molecule has 9 heteroatoms. The first-order chi connectivity index (χ1) is 13.8. The molecule has 0 radical (unpaired) electrons. The van der Waals surface area contributed by atoms with E-state index < -0.39 is 17.9 Å². The number of hydrogen-bond donors (Lipinski definition) is 3. The smallest absolute Gasteiger partial charge is 0.407 e. The highest BCUT2D eigenvalue weighted by molar-refractivity contribution is 5.99. The highest BCUT2D eigenvalue weighted by Crippen LogP contribution is 2.21. The Morgan fingerprint density at radius 2 is 2.03 bits per heavy atom. The van der Waals surface area contributed by atoms with Crippen LogP contribution >= 0.6 is 0 Å². The first-order valence-corrected chi connectivity index (χ1v) is 9.33. The van der Waals surface area contributed by atoms with E-state index in [0.717, 1.165) is 5.69 Å². The Hall–Kier alpha value is -3.20. The molecule has 1 aromatic carbocycles. The molecule has 8 nitrogen and oxygen atoms in total. The van der Waals surface area contributed by atoms with E-state index in [-0.39, 0.29) is 11.7 Å². The van der Waals surface area contributed by atoms with E-state index in [1.54, 1.807) is 24.3 Å². The van der Waals surface area contributed by atoms with Gasteiger partial charge in [0.2, 0.25) is 0 Å². The van der Waals surface area contributed by atoms with Gasteiger partial charge in [0.15, 0.2) is 5.82 Å². The van der Waals surface area contributed by atoms with Crippen LogP contribution in [0.15, 0.2) is 36.5 Å². The number of urea groups is 1. The largest absolute Gasteiger partial charge is 0.465 e. The summed E-state index contributed by atoms with van der Waals surface area (Å²) in [4.78, 5) is 30.8. The molecule has 0 bridgehead atoms. The number of piperazine rings is 1. The number of anilines is 2. The van der Waals surface area contributed by atoms with Gasteiger partial charge in [-0.05, 0) is 32.0 Å². The van der Waals surface area contributed by atoms with Gasteiger partial charge in [0.25, 0.3) is 0 Å². The molecule has 3 amide bonds. The Morgan fingerprint density at radius 3 is 2.69 bits per heavy atom. The molecule has 3 N–H and O–H groups in total. The number of carbonyl (C=O) groups excluding carboxylic acids is 1. The molecule has 29 heavy (non-hydrogen) atoms. The van der Waals surface area contributed by atoms with Crippen molar-refractivity contribution in [2.45, 2.75) is 26.4 Å². The third kappa shape index (κ3) is 5.20. The molecule has 1 fully saturated rings. The lowest BCUT2D eigenvalue weighted by molar-refractivity contribution is 0.0707. The minimum Gasteiger partial charge on any atom is -0.465 e. The van der Waals surface area contributed by atoms with E-state index >= 15 is 0 Å². The summed E-state index contributed by atoms with van der Waals surface area (Å²) in [6.07, 6.45) is 0.587. The van der Waals surface area contributed by atoms with Gasteiger partial charge in [0.05, 0.1) is 17.6 Å². The number of hydrogen-bond acceptors (Lipinski definition) is 4. The van der Waals surface area contributed by atoms with Gasteiger partial charge in [-0.3, -0.25) is 9.88 Å². The lowest BCUT2D eigenvalue weighted by atomic mass is 10.1. The number of carbonyl (C=O) groups is 2. The minimum absolute atomic E-state index is 0.0808. The van der Waals surface area contributed by atoms with Crippen molar-refractivity contribution >= 4 is 23.5 Å². The molecule has 0 unspecified atom stereocenters. The van der Waals surface area contributed by atoms with Crippen LogP contribution in [0.25, 0.3) is 0 Å². The summed E-state index contributed by atoms with van der Waals surface area (Å²) < 4.78 is 14.9. The monoisotopic (exact) mass is 401 g/mol.